The Morgan fingerprint density at radius 3 is 2.35 bits per heavy atom. The van der Waals surface area contributed by atoms with Crippen molar-refractivity contribution in [3.05, 3.63) is 29.8 Å². The molecule has 0 saturated carbocycles. The molecule has 0 radical (unpaired) electrons. The maximum atomic E-state index is 12.5. The molecular formula is C13H17NO5S. The van der Waals surface area contributed by atoms with E-state index in [1.807, 2.05) is 6.92 Å². The van der Waals surface area contributed by atoms with Gasteiger partial charge in [-0.2, -0.15) is 4.31 Å². The Kier molecular flexibility index (Phi) is 3.86. The normalized spacial score (nSPS) is 27.6. The first-order chi connectivity index (χ1) is 9.25. The van der Waals surface area contributed by atoms with Gasteiger partial charge in [0.25, 0.3) is 0 Å². The molecule has 6 nitrogen and oxygen atoms in total. The number of hydrogen-bond donors (Lipinski definition) is 2. The van der Waals surface area contributed by atoms with Crippen molar-refractivity contribution in [3.63, 3.8) is 0 Å². The summed E-state index contributed by atoms with van der Waals surface area (Å²) in [4.78, 5) is 11.3. The summed E-state index contributed by atoms with van der Waals surface area (Å²) < 4.78 is 25.9. The van der Waals surface area contributed by atoms with Gasteiger partial charge in [0.2, 0.25) is 10.0 Å². The van der Waals surface area contributed by atoms with Gasteiger partial charge in [0.05, 0.1) is 11.0 Å². The van der Waals surface area contributed by atoms with Crippen LogP contribution in [0.4, 0.5) is 0 Å². The minimum Gasteiger partial charge on any atom is -0.480 e. The number of β-amino-alcohol motifs (C(OH)–C–C–N with tert-alkyl or cyclic N) is 1. The molecule has 0 aromatic heterocycles. The third kappa shape index (κ3) is 2.44. The van der Waals surface area contributed by atoms with Crippen molar-refractivity contribution in [1.29, 1.82) is 0 Å². The first-order valence-corrected chi connectivity index (χ1v) is 7.68. The molecular weight excluding hydrogens is 282 g/mol. The number of carboxylic acids is 1. The molecule has 1 aliphatic rings. The lowest BCUT2D eigenvalue weighted by Crippen LogP contribution is -2.42. The van der Waals surface area contributed by atoms with Crippen molar-refractivity contribution in [1.82, 2.24) is 4.31 Å². The van der Waals surface area contributed by atoms with Gasteiger partial charge in [-0.05, 0) is 19.1 Å². The van der Waals surface area contributed by atoms with Crippen molar-refractivity contribution in [3.8, 4) is 0 Å². The number of nitrogens with zero attached hydrogens (tertiary/aromatic N) is 1. The molecule has 1 aromatic carbocycles. The van der Waals surface area contributed by atoms with Crippen molar-refractivity contribution in [2.75, 3.05) is 6.54 Å². The van der Waals surface area contributed by atoms with E-state index >= 15 is 0 Å². The quantitative estimate of drug-likeness (QED) is 0.845. The second-order valence-electron chi connectivity index (χ2n) is 5.10. The zero-order valence-electron chi connectivity index (χ0n) is 11.2. The lowest BCUT2D eigenvalue weighted by molar-refractivity contribution is -0.142. The van der Waals surface area contributed by atoms with Gasteiger partial charge in [0, 0.05) is 12.5 Å². The van der Waals surface area contributed by atoms with Gasteiger partial charge in [0.1, 0.15) is 6.04 Å². The molecule has 0 aliphatic carbocycles. The summed E-state index contributed by atoms with van der Waals surface area (Å²) in [5, 5.41) is 19.0. The lowest BCUT2D eigenvalue weighted by atomic mass is 10.0. The Bertz CT molecular complexity index is 610. The predicted molar refractivity (Wildman–Crippen MR) is 71.7 cm³/mol. The monoisotopic (exact) mass is 299 g/mol. The van der Waals surface area contributed by atoms with Crippen molar-refractivity contribution >= 4 is 16.0 Å². The minimum absolute atomic E-state index is 0.0376. The number of benzene rings is 1. The van der Waals surface area contributed by atoms with Crippen molar-refractivity contribution in [2.45, 2.75) is 30.9 Å². The summed E-state index contributed by atoms with van der Waals surface area (Å²) in [7, 11) is -3.92. The third-order valence-corrected chi connectivity index (χ3v) is 5.52. The standard InChI is InChI=1S/C13H17NO5S/c1-8-3-5-10(6-4-8)20(18,19)14-7-11(15)9(2)12(14)13(16)17/h3-6,9,11-12,15H,7H2,1-2H3,(H,16,17). The van der Waals surface area contributed by atoms with Gasteiger partial charge in [-0.15, -0.1) is 0 Å². The van der Waals surface area contributed by atoms with E-state index in [-0.39, 0.29) is 11.4 Å². The van der Waals surface area contributed by atoms with Gasteiger partial charge in [-0.3, -0.25) is 4.79 Å². The molecule has 110 valence electrons. The van der Waals surface area contributed by atoms with Crippen LogP contribution in [0.2, 0.25) is 0 Å². The fourth-order valence-corrected chi connectivity index (χ4v) is 4.06. The highest BCUT2D eigenvalue weighted by molar-refractivity contribution is 7.89. The van der Waals surface area contributed by atoms with Crippen molar-refractivity contribution < 1.29 is 23.4 Å². The lowest BCUT2D eigenvalue weighted by Gasteiger charge is -2.22. The van der Waals surface area contributed by atoms with Crippen LogP contribution < -0.4 is 0 Å². The number of aliphatic carboxylic acids is 1. The second kappa shape index (κ2) is 5.16. The SMILES string of the molecule is Cc1ccc(S(=O)(=O)N2CC(O)C(C)C2C(=O)O)cc1. The van der Waals surface area contributed by atoms with Crippen molar-refractivity contribution in [2.24, 2.45) is 5.92 Å². The van der Waals surface area contributed by atoms with E-state index in [2.05, 4.69) is 0 Å². The molecule has 0 bridgehead atoms. The van der Waals surface area contributed by atoms with Crippen LogP contribution in [-0.4, -0.2) is 47.6 Å². The largest absolute Gasteiger partial charge is 0.480 e. The molecule has 0 spiro atoms. The molecule has 3 atom stereocenters. The van der Waals surface area contributed by atoms with Gasteiger partial charge < -0.3 is 10.2 Å². The number of aliphatic hydroxyl groups is 1. The fraction of sp³-hybridized carbons (Fsp3) is 0.462. The second-order valence-corrected chi connectivity index (χ2v) is 6.99. The summed E-state index contributed by atoms with van der Waals surface area (Å²) in [6, 6.07) is 4.95. The van der Waals surface area contributed by atoms with Crippen LogP contribution in [0.1, 0.15) is 12.5 Å². The number of carbonyl (C=O) groups is 1. The van der Waals surface area contributed by atoms with E-state index in [1.165, 1.54) is 19.1 Å². The molecule has 7 heteroatoms. The molecule has 20 heavy (non-hydrogen) atoms. The Hall–Kier alpha value is -1.44. The Morgan fingerprint density at radius 2 is 1.85 bits per heavy atom. The van der Waals surface area contributed by atoms with Crippen LogP contribution in [-0.2, 0) is 14.8 Å². The maximum absolute atomic E-state index is 12.5. The van der Waals surface area contributed by atoms with Crippen LogP contribution in [0.15, 0.2) is 29.2 Å². The van der Waals surface area contributed by atoms with E-state index < -0.39 is 34.1 Å². The van der Waals surface area contributed by atoms with E-state index in [0.717, 1.165) is 9.87 Å². The van der Waals surface area contributed by atoms with Gasteiger partial charge in [-0.1, -0.05) is 24.6 Å². The van der Waals surface area contributed by atoms with Crippen LogP contribution in [0.25, 0.3) is 0 Å². The molecule has 1 fully saturated rings. The molecule has 3 unspecified atom stereocenters. The summed E-state index contributed by atoms with van der Waals surface area (Å²) in [6.45, 7) is 3.17. The molecule has 1 heterocycles. The molecule has 1 aliphatic heterocycles. The average Bonchev–Trinajstić information content (AvgIpc) is 2.67. The minimum atomic E-state index is -3.92. The maximum Gasteiger partial charge on any atom is 0.322 e. The van der Waals surface area contributed by atoms with Crippen LogP contribution in [0, 0.1) is 12.8 Å². The molecule has 1 aromatic rings. The smallest absolute Gasteiger partial charge is 0.322 e. The number of sulfonamides is 1. The Morgan fingerprint density at radius 1 is 1.30 bits per heavy atom. The predicted octanol–water partition coefficient (Wildman–Crippen LogP) is 0.450. The molecule has 1 saturated heterocycles. The van der Waals surface area contributed by atoms with Gasteiger partial charge >= 0.3 is 5.97 Å². The van der Waals surface area contributed by atoms with Crippen LogP contribution in [0.3, 0.4) is 0 Å². The summed E-state index contributed by atoms with van der Waals surface area (Å²) in [6.07, 6.45) is -0.976. The average molecular weight is 299 g/mol. The number of aryl methyl sites for hydroxylation is 1. The zero-order chi connectivity index (χ0) is 15.1. The number of hydrogen-bond acceptors (Lipinski definition) is 4. The zero-order valence-corrected chi connectivity index (χ0v) is 12.0. The number of aliphatic hydroxyl groups excluding tert-OH is 1. The Balaban J connectivity index is 2.43. The highest BCUT2D eigenvalue weighted by Gasteiger charge is 2.48. The highest BCUT2D eigenvalue weighted by atomic mass is 32.2. The molecule has 2 rings (SSSR count). The molecule has 2 N–H and O–H groups in total. The van der Waals surface area contributed by atoms with Crippen LogP contribution >= 0.6 is 0 Å². The van der Waals surface area contributed by atoms with Gasteiger partial charge in [0.15, 0.2) is 0 Å². The Labute approximate surface area is 117 Å². The number of rotatable bonds is 3. The van der Waals surface area contributed by atoms with E-state index in [4.69, 9.17) is 0 Å². The van der Waals surface area contributed by atoms with E-state index in [0.29, 0.717) is 0 Å². The van der Waals surface area contributed by atoms with Gasteiger partial charge in [-0.25, -0.2) is 8.42 Å². The fourth-order valence-electron chi connectivity index (χ4n) is 2.38. The topological polar surface area (TPSA) is 94.9 Å². The summed E-state index contributed by atoms with van der Waals surface area (Å²) in [5.41, 5.74) is 0.911. The van der Waals surface area contributed by atoms with E-state index in [1.54, 1.807) is 12.1 Å². The highest BCUT2D eigenvalue weighted by Crippen LogP contribution is 2.30. The third-order valence-electron chi connectivity index (χ3n) is 3.66. The molecule has 0 amide bonds. The first-order valence-electron chi connectivity index (χ1n) is 6.24. The van der Waals surface area contributed by atoms with Crippen LogP contribution in [0.5, 0.6) is 0 Å². The number of carboxylic acid groups (broad SMARTS) is 1. The first kappa shape index (κ1) is 15.0. The van der Waals surface area contributed by atoms with E-state index in [9.17, 15) is 23.4 Å². The summed E-state index contributed by atoms with van der Waals surface area (Å²) in [5.74, 6) is -1.89. The summed E-state index contributed by atoms with van der Waals surface area (Å²) >= 11 is 0.